The average Bonchev–Trinajstić information content (AvgIpc) is 3.26. The second-order valence-corrected chi connectivity index (χ2v) is 7.76. The van der Waals surface area contributed by atoms with Crippen LogP contribution in [0.3, 0.4) is 0 Å². The van der Waals surface area contributed by atoms with Gasteiger partial charge in [-0.3, -0.25) is 14.3 Å². The predicted octanol–water partition coefficient (Wildman–Crippen LogP) is 0.822. The van der Waals surface area contributed by atoms with Gasteiger partial charge in [-0.25, -0.2) is 0 Å². The molecule has 3 aliphatic rings. The second kappa shape index (κ2) is 6.44. The van der Waals surface area contributed by atoms with Crippen LogP contribution in [0.15, 0.2) is 12.3 Å². The van der Waals surface area contributed by atoms with Crippen LogP contribution in [-0.2, 0) is 20.9 Å². The number of aromatic nitrogens is 2. The molecular weight excluding hydrogens is 320 g/mol. The smallest absolute Gasteiger partial charge is 0.244 e. The Labute approximate surface area is 147 Å². The summed E-state index contributed by atoms with van der Waals surface area (Å²) in [5, 5.41) is 4.26. The summed E-state index contributed by atoms with van der Waals surface area (Å²) in [5.74, 6) is 0.637. The van der Waals surface area contributed by atoms with Gasteiger partial charge in [-0.2, -0.15) is 5.10 Å². The summed E-state index contributed by atoms with van der Waals surface area (Å²) < 4.78 is 7.68. The molecule has 1 aromatic heterocycles. The van der Waals surface area contributed by atoms with Crippen LogP contribution in [0.25, 0.3) is 0 Å². The van der Waals surface area contributed by atoms with E-state index in [1.54, 1.807) is 4.68 Å². The molecule has 7 nitrogen and oxygen atoms in total. The lowest BCUT2D eigenvalue weighted by Crippen LogP contribution is -2.63. The first-order valence-corrected chi connectivity index (χ1v) is 9.23. The maximum absolute atomic E-state index is 12.3. The first-order valence-electron chi connectivity index (χ1n) is 9.23. The Balaban J connectivity index is 1.24. The molecular formula is C18H26N4O3. The van der Waals surface area contributed by atoms with Gasteiger partial charge >= 0.3 is 0 Å². The summed E-state index contributed by atoms with van der Waals surface area (Å²) in [6, 6.07) is 1.90. The van der Waals surface area contributed by atoms with Crippen molar-refractivity contribution >= 4 is 11.8 Å². The fourth-order valence-corrected chi connectivity index (χ4v) is 4.25. The number of hydrogen-bond donors (Lipinski definition) is 0. The third-order valence-corrected chi connectivity index (χ3v) is 5.59. The van der Waals surface area contributed by atoms with Crippen LogP contribution in [0.4, 0.5) is 0 Å². The van der Waals surface area contributed by atoms with E-state index in [-0.39, 0.29) is 24.0 Å². The van der Waals surface area contributed by atoms with Crippen LogP contribution in [0.1, 0.15) is 31.4 Å². The zero-order valence-electron chi connectivity index (χ0n) is 14.8. The molecule has 1 aromatic rings. The maximum Gasteiger partial charge on any atom is 0.244 e. The van der Waals surface area contributed by atoms with Gasteiger partial charge in [-0.05, 0) is 38.2 Å². The van der Waals surface area contributed by atoms with Gasteiger partial charge in [-0.15, -0.1) is 0 Å². The highest BCUT2D eigenvalue weighted by molar-refractivity contribution is 5.78. The molecule has 1 unspecified atom stereocenters. The van der Waals surface area contributed by atoms with Crippen molar-refractivity contribution in [1.29, 1.82) is 0 Å². The molecule has 0 bridgehead atoms. The van der Waals surface area contributed by atoms with Gasteiger partial charge in [-0.1, -0.05) is 0 Å². The highest BCUT2D eigenvalue weighted by atomic mass is 16.5. The fourth-order valence-electron chi connectivity index (χ4n) is 4.25. The number of aryl methyl sites for hydroxylation is 1. The summed E-state index contributed by atoms with van der Waals surface area (Å²) in [5.41, 5.74) is 0.698. The Morgan fingerprint density at radius 1 is 1.24 bits per heavy atom. The zero-order chi connectivity index (χ0) is 17.4. The van der Waals surface area contributed by atoms with Gasteiger partial charge in [0.05, 0.1) is 25.4 Å². The highest BCUT2D eigenvalue weighted by Gasteiger charge is 2.51. The van der Waals surface area contributed by atoms with Crippen molar-refractivity contribution in [2.75, 3.05) is 32.8 Å². The van der Waals surface area contributed by atoms with E-state index in [1.807, 2.05) is 29.0 Å². The van der Waals surface area contributed by atoms with Gasteiger partial charge in [0.1, 0.15) is 12.1 Å². The lowest BCUT2D eigenvalue weighted by molar-refractivity contribution is -0.158. The van der Waals surface area contributed by atoms with Crippen LogP contribution in [0.2, 0.25) is 0 Å². The molecule has 136 valence electrons. The Morgan fingerprint density at radius 2 is 2.00 bits per heavy atom. The van der Waals surface area contributed by atoms with Crippen molar-refractivity contribution in [3.8, 4) is 0 Å². The molecule has 1 atom stereocenters. The van der Waals surface area contributed by atoms with Crippen molar-refractivity contribution in [3.05, 3.63) is 18.0 Å². The standard InChI is InChI=1S/C18H26N4O3/c1-14-4-7-22(19-14)10-17(24)21-12-18(13-21)9-15(11-25-18)8-16(23)20-5-2-3-6-20/h4,7,15H,2-3,5-6,8-13H2,1H3. The predicted molar refractivity (Wildman–Crippen MR) is 90.8 cm³/mol. The minimum atomic E-state index is -0.217. The van der Waals surface area contributed by atoms with Crippen molar-refractivity contribution in [1.82, 2.24) is 19.6 Å². The van der Waals surface area contributed by atoms with Crippen LogP contribution >= 0.6 is 0 Å². The summed E-state index contributed by atoms with van der Waals surface area (Å²) in [7, 11) is 0. The van der Waals surface area contributed by atoms with E-state index in [4.69, 9.17) is 4.74 Å². The average molecular weight is 346 g/mol. The number of amides is 2. The molecule has 1 spiro atoms. The first kappa shape index (κ1) is 16.6. The van der Waals surface area contributed by atoms with Crippen LogP contribution in [-0.4, -0.2) is 69.8 Å². The number of likely N-dealkylation sites (tertiary alicyclic amines) is 2. The van der Waals surface area contributed by atoms with Gasteiger partial charge in [0.25, 0.3) is 0 Å². The molecule has 3 aliphatic heterocycles. The van der Waals surface area contributed by atoms with Crippen LogP contribution < -0.4 is 0 Å². The first-order chi connectivity index (χ1) is 12.0. The fraction of sp³-hybridized carbons (Fsp3) is 0.722. The summed E-state index contributed by atoms with van der Waals surface area (Å²) in [6.45, 7) is 5.93. The van der Waals surface area contributed by atoms with Crippen molar-refractivity contribution < 1.29 is 14.3 Å². The molecule has 0 radical (unpaired) electrons. The maximum atomic E-state index is 12.3. The van der Waals surface area contributed by atoms with Gasteiger partial charge < -0.3 is 14.5 Å². The summed E-state index contributed by atoms with van der Waals surface area (Å²) in [4.78, 5) is 28.4. The van der Waals surface area contributed by atoms with E-state index in [2.05, 4.69) is 5.10 Å². The normalized spacial score (nSPS) is 24.8. The number of hydrogen-bond acceptors (Lipinski definition) is 4. The van der Waals surface area contributed by atoms with E-state index in [1.165, 1.54) is 0 Å². The number of carbonyl (C=O) groups excluding carboxylic acids is 2. The molecule has 2 amide bonds. The van der Waals surface area contributed by atoms with Gasteiger partial charge in [0.15, 0.2) is 0 Å². The molecule has 0 aromatic carbocycles. The van der Waals surface area contributed by atoms with Gasteiger partial charge in [0, 0.05) is 25.7 Å². The van der Waals surface area contributed by atoms with Crippen LogP contribution in [0.5, 0.6) is 0 Å². The zero-order valence-corrected chi connectivity index (χ0v) is 14.8. The topological polar surface area (TPSA) is 67.7 Å². The minimum Gasteiger partial charge on any atom is -0.371 e. The molecule has 0 aliphatic carbocycles. The molecule has 0 saturated carbocycles. The Kier molecular flexibility index (Phi) is 4.27. The molecule has 25 heavy (non-hydrogen) atoms. The SMILES string of the molecule is Cc1ccn(CC(=O)N2CC3(CC(CC(=O)N4CCCC4)CO3)C2)n1. The van der Waals surface area contributed by atoms with Crippen LogP contribution in [0, 0.1) is 12.8 Å². The lowest BCUT2D eigenvalue weighted by atomic mass is 9.85. The summed E-state index contributed by atoms with van der Waals surface area (Å²) in [6.07, 6.45) is 5.56. The monoisotopic (exact) mass is 346 g/mol. The van der Waals surface area contributed by atoms with Crippen molar-refractivity contribution in [2.45, 2.75) is 44.8 Å². The highest BCUT2D eigenvalue weighted by Crippen LogP contribution is 2.39. The van der Waals surface area contributed by atoms with E-state index in [0.717, 1.165) is 38.0 Å². The van der Waals surface area contributed by atoms with E-state index >= 15 is 0 Å². The van der Waals surface area contributed by atoms with Crippen molar-refractivity contribution in [2.24, 2.45) is 5.92 Å². The Morgan fingerprint density at radius 3 is 2.68 bits per heavy atom. The Hall–Kier alpha value is -1.89. The van der Waals surface area contributed by atoms with E-state index in [9.17, 15) is 9.59 Å². The summed E-state index contributed by atoms with van der Waals surface area (Å²) >= 11 is 0. The van der Waals surface area contributed by atoms with Gasteiger partial charge in [0.2, 0.25) is 11.8 Å². The number of nitrogens with zero attached hydrogens (tertiary/aromatic N) is 4. The van der Waals surface area contributed by atoms with E-state index < -0.39 is 0 Å². The Bertz CT molecular complexity index is 659. The molecule has 3 saturated heterocycles. The third-order valence-electron chi connectivity index (χ3n) is 5.59. The van der Waals surface area contributed by atoms with Crippen molar-refractivity contribution in [3.63, 3.8) is 0 Å². The number of ether oxygens (including phenoxy) is 1. The number of carbonyl (C=O) groups is 2. The molecule has 0 N–H and O–H groups in total. The van der Waals surface area contributed by atoms with E-state index in [0.29, 0.717) is 32.0 Å². The number of rotatable bonds is 4. The minimum absolute atomic E-state index is 0.0777. The second-order valence-electron chi connectivity index (χ2n) is 7.76. The largest absolute Gasteiger partial charge is 0.371 e. The molecule has 3 fully saturated rings. The lowest BCUT2D eigenvalue weighted by Gasteiger charge is -2.47. The molecule has 7 heteroatoms. The molecule has 4 rings (SSSR count). The molecule has 4 heterocycles. The third kappa shape index (κ3) is 3.42. The quantitative estimate of drug-likeness (QED) is 0.810.